The lowest BCUT2D eigenvalue weighted by atomic mass is 9.86. The maximum atomic E-state index is 12.1. The second-order valence-electron chi connectivity index (χ2n) is 6.86. The largest absolute Gasteiger partial charge is 0.444 e. The first-order valence-corrected chi connectivity index (χ1v) is 7.77. The van der Waals surface area contributed by atoms with Gasteiger partial charge >= 0.3 is 6.09 Å². The third-order valence-corrected chi connectivity index (χ3v) is 3.92. The van der Waals surface area contributed by atoms with Crippen molar-refractivity contribution in [2.75, 3.05) is 18.8 Å². The van der Waals surface area contributed by atoms with E-state index in [0.717, 1.165) is 24.0 Å². The van der Waals surface area contributed by atoms with Gasteiger partial charge in [0, 0.05) is 18.8 Å². The molecule has 1 aromatic rings. The zero-order chi connectivity index (χ0) is 16.3. The maximum absolute atomic E-state index is 12.1. The molecule has 0 saturated carbocycles. The number of carbonyl (C=O) groups is 1. The molecule has 0 radical (unpaired) electrons. The van der Waals surface area contributed by atoms with Gasteiger partial charge in [0.15, 0.2) is 0 Å². The van der Waals surface area contributed by atoms with Crippen molar-refractivity contribution in [1.29, 1.82) is 0 Å². The fraction of sp³-hybridized carbons (Fsp3) is 0.588. The quantitative estimate of drug-likeness (QED) is 0.824. The summed E-state index contributed by atoms with van der Waals surface area (Å²) in [6.07, 6.45) is 1.50. The molecule has 0 bridgehead atoms. The summed E-state index contributed by atoms with van der Waals surface area (Å²) in [7, 11) is 0. The zero-order valence-electron chi connectivity index (χ0n) is 13.6. The highest BCUT2D eigenvalue weighted by atomic mass is 16.6. The number of amides is 1. The molecule has 1 saturated heterocycles. The van der Waals surface area contributed by atoms with E-state index < -0.39 is 5.60 Å². The Bertz CT molecular complexity index is 529. The van der Waals surface area contributed by atoms with Crippen LogP contribution in [0.4, 0.5) is 10.5 Å². The minimum Gasteiger partial charge on any atom is -0.444 e. The van der Waals surface area contributed by atoms with Crippen LogP contribution in [0, 0.1) is 0 Å². The molecule has 0 atom stereocenters. The highest BCUT2D eigenvalue weighted by Crippen LogP contribution is 2.32. The summed E-state index contributed by atoms with van der Waals surface area (Å²) in [5.41, 5.74) is 8.00. The molecule has 1 heterocycles. The minimum absolute atomic E-state index is 0.00729. The number of anilines is 1. The maximum Gasteiger partial charge on any atom is 0.410 e. The molecule has 0 aromatic heterocycles. The van der Waals surface area contributed by atoms with Crippen LogP contribution in [0.2, 0.25) is 0 Å². The van der Waals surface area contributed by atoms with Crippen LogP contribution in [-0.2, 0) is 11.3 Å². The monoisotopic (exact) mass is 306 g/mol. The Labute approximate surface area is 132 Å². The molecule has 0 aliphatic carbocycles. The standard InChI is InChI=1S/C17H26N2O3/c1-17(2,3)22-16(21)19-8-6-12(7-9-19)15-5-4-14(18)10-13(15)11-20/h4-5,10,12,20H,6-9,11,18H2,1-3H3. The summed E-state index contributed by atoms with van der Waals surface area (Å²) >= 11 is 0. The van der Waals surface area contributed by atoms with Crippen LogP contribution in [0.3, 0.4) is 0 Å². The van der Waals surface area contributed by atoms with Gasteiger partial charge in [-0.2, -0.15) is 0 Å². The number of aliphatic hydroxyl groups excluding tert-OH is 1. The van der Waals surface area contributed by atoms with Crippen LogP contribution in [0.25, 0.3) is 0 Å². The predicted molar refractivity (Wildman–Crippen MR) is 86.6 cm³/mol. The fourth-order valence-electron chi connectivity index (χ4n) is 2.86. The van der Waals surface area contributed by atoms with Gasteiger partial charge in [-0.3, -0.25) is 0 Å². The average Bonchev–Trinajstić information content (AvgIpc) is 2.45. The van der Waals surface area contributed by atoms with Gasteiger partial charge in [-0.25, -0.2) is 4.79 Å². The molecule has 5 nitrogen and oxygen atoms in total. The SMILES string of the molecule is CC(C)(C)OC(=O)N1CCC(c2ccc(N)cc2CO)CC1. The lowest BCUT2D eigenvalue weighted by Crippen LogP contribution is -2.41. The molecule has 3 N–H and O–H groups in total. The first-order valence-electron chi connectivity index (χ1n) is 7.77. The molecule has 1 aliphatic heterocycles. The number of hydrogen-bond acceptors (Lipinski definition) is 4. The van der Waals surface area contributed by atoms with Crippen molar-refractivity contribution < 1.29 is 14.6 Å². The zero-order valence-corrected chi connectivity index (χ0v) is 13.6. The van der Waals surface area contributed by atoms with Crippen molar-refractivity contribution in [3.63, 3.8) is 0 Å². The molecule has 1 aromatic carbocycles. The van der Waals surface area contributed by atoms with Crippen molar-refractivity contribution in [2.24, 2.45) is 0 Å². The summed E-state index contributed by atoms with van der Waals surface area (Å²) in [6, 6.07) is 5.69. The van der Waals surface area contributed by atoms with Gasteiger partial charge in [-0.15, -0.1) is 0 Å². The molecule has 1 amide bonds. The number of nitrogen functional groups attached to an aromatic ring is 1. The number of nitrogens with two attached hydrogens (primary N) is 1. The number of aliphatic hydroxyl groups is 1. The van der Waals surface area contributed by atoms with Crippen LogP contribution in [0.1, 0.15) is 50.7 Å². The number of rotatable bonds is 2. The summed E-state index contributed by atoms with van der Waals surface area (Å²) in [5, 5.41) is 9.50. The van der Waals surface area contributed by atoms with Crippen molar-refractivity contribution in [3.8, 4) is 0 Å². The first-order chi connectivity index (χ1) is 10.3. The smallest absolute Gasteiger partial charge is 0.410 e. The molecule has 5 heteroatoms. The van der Waals surface area contributed by atoms with Crippen LogP contribution >= 0.6 is 0 Å². The average molecular weight is 306 g/mol. The van der Waals surface area contributed by atoms with E-state index in [1.807, 2.05) is 39.0 Å². The molecule has 0 spiro atoms. The van der Waals surface area contributed by atoms with Crippen molar-refractivity contribution in [1.82, 2.24) is 4.90 Å². The van der Waals surface area contributed by atoms with Gasteiger partial charge in [-0.05, 0) is 62.8 Å². The Morgan fingerprint density at radius 2 is 2.00 bits per heavy atom. The molecule has 2 rings (SSSR count). The van der Waals surface area contributed by atoms with E-state index in [0.29, 0.717) is 24.7 Å². The second-order valence-corrected chi connectivity index (χ2v) is 6.86. The number of likely N-dealkylation sites (tertiary alicyclic amines) is 1. The van der Waals surface area contributed by atoms with Gasteiger partial charge in [0.25, 0.3) is 0 Å². The lowest BCUT2D eigenvalue weighted by Gasteiger charge is -2.34. The van der Waals surface area contributed by atoms with Gasteiger partial charge in [0.05, 0.1) is 6.61 Å². The van der Waals surface area contributed by atoms with Gasteiger partial charge in [0.2, 0.25) is 0 Å². The Balaban J connectivity index is 1.99. The number of benzene rings is 1. The van der Waals surface area contributed by atoms with E-state index in [4.69, 9.17) is 10.5 Å². The van der Waals surface area contributed by atoms with Crippen LogP contribution in [-0.4, -0.2) is 34.8 Å². The molecule has 122 valence electrons. The molecule has 22 heavy (non-hydrogen) atoms. The van der Waals surface area contributed by atoms with E-state index in [2.05, 4.69) is 0 Å². The van der Waals surface area contributed by atoms with E-state index in [-0.39, 0.29) is 12.7 Å². The second kappa shape index (κ2) is 6.57. The summed E-state index contributed by atoms with van der Waals surface area (Å²) in [4.78, 5) is 13.8. The van der Waals surface area contributed by atoms with E-state index in [1.54, 1.807) is 4.90 Å². The van der Waals surface area contributed by atoms with Gasteiger partial charge in [-0.1, -0.05) is 6.07 Å². The fourth-order valence-corrected chi connectivity index (χ4v) is 2.86. The normalized spacial score (nSPS) is 16.6. The van der Waals surface area contributed by atoms with E-state index in [1.165, 1.54) is 0 Å². The molecular formula is C17H26N2O3. The summed E-state index contributed by atoms with van der Waals surface area (Å²) in [5.74, 6) is 0.349. The Kier molecular flexibility index (Phi) is 4.96. The Morgan fingerprint density at radius 1 is 1.36 bits per heavy atom. The number of piperidine rings is 1. The number of hydrogen-bond donors (Lipinski definition) is 2. The highest BCUT2D eigenvalue weighted by Gasteiger charge is 2.28. The highest BCUT2D eigenvalue weighted by molar-refractivity contribution is 5.68. The van der Waals surface area contributed by atoms with E-state index in [9.17, 15) is 9.90 Å². The Morgan fingerprint density at radius 3 is 2.55 bits per heavy atom. The predicted octanol–water partition coefficient (Wildman–Crippen LogP) is 2.88. The van der Waals surface area contributed by atoms with Crippen LogP contribution in [0.15, 0.2) is 18.2 Å². The lowest BCUT2D eigenvalue weighted by molar-refractivity contribution is 0.0204. The minimum atomic E-state index is -0.463. The first kappa shape index (κ1) is 16.6. The summed E-state index contributed by atoms with van der Waals surface area (Å²) in [6.45, 7) is 6.97. The third-order valence-electron chi connectivity index (χ3n) is 3.92. The topological polar surface area (TPSA) is 75.8 Å². The number of nitrogens with zero attached hydrogens (tertiary/aromatic N) is 1. The van der Waals surface area contributed by atoms with Gasteiger partial charge in [0.1, 0.15) is 5.60 Å². The van der Waals surface area contributed by atoms with Crippen molar-refractivity contribution in [3.05, 3.63) is 29.3 Å². The van der Waals surface area contributed by atoms with Crippen molar-refractivity contribution in [2.45, 2.75) is 51.7 Å². The van der Waals surface area contributed by atoms with E-state index >= 15 is 0 Å². The molecule has 1 fully saturated rings. The summed E-state index contributed by atoms with van der Waals surface area (Å²) < 4.78 is 5.41. The molecular weight excluding hydrogens is 280 g/mol. The van der Waals surface area contributed by atoms with Crippen LogP contribution in [0.5, 0.6) is 0 Å². The van der Waals surface area contributed by atoms with Crippen molar-refractivity contribution >= 4 is 11.8 Å². The van der Waals surface area contributed by atoms with Gasteiger partial charge < -0.3 is 20.5 Å². The Hall–Kier alpha value is -1.75. The number of carbonyl (C=O) groups excluding carboxylic acids is 1. The third kappa shape index (κ3) is 4.13. The molecule has 0 unspecified atom stereocenters. The van der Waals surface area contributed by atoms with Crippen LogP contribution < -0.4 is 5.73 Å². The molecule has 1 aliphatic rings. The number of ether oxygens (including phenoxy) is 1.